The summed E-state index contributed by atoms with van der Waals surface area (Å²) in [7, 11) is 0. The lowest BCUT2D eigenvalue weighted by Gasteiger charge is -2.47. The van der Waals surface area contributed by atoms with E-state index in [0.717, 1.165) is 5.92 Å². The molecule has 0 aromatic carbocycles. The Morgan fingerprint density at radius 3 is 2.45 bits per heavy atom. The lowest BCUT2D eigenvalue weighted by Crippen LogP contribution is -2.59. The molecule has 0 bridgehead atoms. The first-order valence-electron chi connectivity index (χ1n) is 12.4. The van der Waals surface area contributed by atoms with E-state index in [1.54, 1.807) is 22.7 Å². The van der Waals surface area contributed by atoms with Gasteiger partial charge in [-0.05, 0) is 36.3 Å². The zero-order chi connectivity index (χ0) is 28.3. The van der Waals surface area contributed by atoms with Gasteiger partial charge in [-0.25, -0.2) is 13.8 Å². The fourth-order valence-corrected chi connectivity index (χ4v) is 4.70. The van der Waals surface area contributed by atoms with Crippen LogP contribution in [-0.4, -0.2) is 69.8 Å². The maximum absolute atomic E-state index is 13.5. The number of rotatable bonds is 5. The number of nitrogens with one attached hydrogen (secondary N) is 2. The van der Waals surface area contributed by atoms with Crippen molar-refractivity contribution in [2.45, 2.75) is 58.2 Å². The van der Waals surface area contributed by atoms with Crippen molar-refractivity contribution in [2.75, 3.05) is 19.6 Å². The summed E-state index contributed by atoms with van der Waals surface area (Å²) in [5.41, 5.74) is 0.944. The summed E-state index contributed by atoms with van der Waals surface area (Å²) in [6, 6.07) is 2.55. The molecule has 13 heteroatoms. The number of amides is 3. The number of alkyl halides is 5. The molecule has 8 nitrogen and oxygen atoms in total. The molecule has 1 saturated heterocycles. The van der Waals surface area contributed by atoms with Crippen molar-refractivity contribution in [3.05, 3.63) is 36.4 Å². The minimum absolute atomic E-state index is 0.000278. The Morgan fingerprint density at radius 1 is 1.18 bits per heavy atom. The second kappa shape index (κ2) is 11.6. The number of piperidine rings is 1. The van der Waals surface area contributed by atoms with E-state index >= 15 is 0 Å². The molecule has 3 heterocycles. The Hall–Kier alpha value is -3.25. The first-order valence-corrected chi connectivity index (χ1v) is 12.4. The number of hydrogen-bond donors (Lipinski definition) is 2. The quantitative estimate of drug-likeness (QED) is 0.561. The average molecular weight is 546 g/mol. The van der Waals surface area contributed by atoms with Crippen LogP contribution in [0.25, 0.3) is 5.52 Å². The largest absolute Gasteiger partial charge is 0.471 e. The van der Waals surface area contributed by atoms with Crippen molar-refractivity contribution in [1.29, 1.82) is 0 Å². The van der Waals surface area contributed by atoms with E-state index < -0.39 is 36.5 Å². The van der Waals surface area contributed by atoms with Gasteiger partial charge in [0.2, 0.25) is 11.8 Å². The molecule has 4 rings (SSSR count). The highest BCUT2D eigenvalue weighted by molar-refractivity contribution is 6.00. The molecule has 2 aromatic heterocycles. The van der Waals surface area contributed by atoms with Gasteiger partial charge in [0.15, 0.2) is 0 Å². The van der Waals surface area contributed by atoms with E-state index in [4.69, 9.17) is 0 Å². The van der Waals surface area contributed by atoms with Gasteiger partial charge in [0.25, 0.3) is 5.91 Å². The van der Waals surface area contributed by atoms with Gasteiger partial charge >= 0.3 is 12.1 Å². The zero-order valence-electron chi connectivity index (χ0n) is 21.4. The van der Waals surface area contributed by atoms with Gasteiger partial charge in [0.05, 0.1) is 30.1 Å². The summed E-state index contributed by atoms with van der Waals surface area (Å²) in [6.45, 7) is 5.85. The standard InChI is InChI=1S/C21H22F5N5O3.C4H10/c22-20(23)6-12(7-20)13-3-5-30(18(33)14-2-1-4-31-11-27-8-16(14)31)10-15(13)29-17(32)9-28-19(34)21(24,25)26;1-4(2)3/h1-2,4,8,11-13,15H,3,5-7,9-10H2,(H,28,34)(H,29,32);4H,1-3H3. The third-order valence-corrected chi connectivity index (χ3v) is 6.38. The van der Waals surface area contributed by atoms with E-state index in [1.165, 1.54) is 22.7 Å². The van der Waals surface area contributed by atoms with Crippen LogP contribution in [-0.2, 0) is 9.59 Å². The van der Waals surface area contributed by atoms with Crippen LogP contribution >= 0.6 is 0 Å². The second-order valence-electron chi connectivity index (χ2n) is 10.4. The summed E-state index contributed by atoms with van der Waals surface area (Å²) in [5.74, 6) is -6.21. The van der Waals surface area contributed by atoms with Crippen LogP contribution in [0.5, 0.6) is 0 Å². The number of imidazole rings is 1. The van der Waals surface area contributed by atoms with Gasteiger partial charge in [-0.3, -0.25) is 14.4 Å². The summed E-state index contributed by atoms with van der Waals surface area (Å²) in [5, 5.41) is 4.03. The summed E-state index contributed by atoms with van der Waals surface area (Å²) >= 11 is 0. The molecule has 2 N–H and O–H groups in total. The summed E-state index contributed by atoms with van der Waals surface area (Å²) < 4.78 is 65.8. The van der Waals surface area contributed by atoms with Crippen molar-refractivity contribution < 1.29 is 36.3 Å². The second-order valence-corrected chi connectivity index (χ2v) is 10.4. The van der Waals surface area contributed by atoms with Gasteiger partial charge < -0.3 is 19.9 Å². The number of pyridine rings is 1. The van der Waals surface area contributed by atoms with Crippen molar-refractivity contribution >= 4 is 23.2 Å². The fraction of sp³-hybridized carbons (Fsp3) is 0.600. The molecule has 38 heavy (non-hydrogen) atoms. The third kappa shape index (κ3) is 7.41. The minimum atomic E-state index is -5.14. The maximum atomic E-state index is 13.5. The minimum Gasteiger partial charge on any atom is -0.350 e. The summed E-state index contributed by atoms with van der Waals surface area (Å²) in [6.07, 6.45) is -0.708. The molecular formula is C25H32F5N5O3. The van der Waals surface area contributed by atoms with Crippen LogP contribution in [0.3, 0.4) is 0 Å². The predicted octanol–water partition coefficient (Wildman–Crippen LogP) is 3.67. The number of nitrogens with zero attached hydrogens (tertiary/aromatic N) is 3. The van der Waals surface area contributed by atoms with Gasteiger partial charge in [-0.15, -0.1) is 0 Å². The normalized spacial score (nSPS) is 21.3. The van der Waals surface area contributed by atoms with Gasteiger partial charge in [-0.2, -0.15) is 13.2 Å². The molecule has 0 radical (unpaired) electrons. The van der Waals surface area contributed by atoms with Crippen molar-refractivity contribution in [3.63, 3.8) is 0 Å². The molecule has 0 spiro atoms. The number of carbonyl (C=O) groups excluding carboxylic acids is 3. The molecule has 2 fully saturated rings. The smallest absolute Gasteiger partial charge is 0.350 e. The molecular weight excluding hydrogens is 513 g/mol. The highest BCUT2D eigenvalue weighted by Crippen LogP contribution is 2.48. The van der Waals surface area contributed by atoms with E-state index in [-0.39, 0.29) is 43.7 Å². The number of halogens is 5. The highest BCUT2D eigenvalue weighted by Gasteiger charge is 2.51. The van der Waals surface area contributed by atoms with Crippen LogP contribution in [0, 0.1) is 17.8 Å². The van der Waals surface area contributed by atoms with Crippen LogP contribution in [0.15, 0.2) is 30.9 Å². The topological polar surface area (TPSA) is 95.8 Å². The number of carbonyl (C=O) groups is 3. The molecule has 2 atom stereocenters. The molecule has 2 unspecified atom stereocenters. The number of hydrogen-bond acceptors (Lipinski definition) is 4. The lowest BCUT2D eigenvalue weighted by atomic mass is 9.68. The highest BCUT2D eigenvalue weighted by atomic mass is 19.4. The van der Waals surface area contributed by atoms with E-state index in [1.807, 2.05) is 0 Å². The Morgan fingerprint density at radius 2 is 1.84 bits per heavy atom. The first kappa shape index (κ1) is 29.3. The van der Waals surface area contributed by atoms with Gasteiger partial charge in [0.1, 0.15) is 0 Å². The fourth-order valence-electron chi connectivity index (χ4n) is 4.70. The van der Waals surface area contributed by atoms with E-state index in [9.17, 15) is 36.3 Å². The van der Waals surface area contributed by atoms with Crippen molar-refractivity contribution in [2.24, 2.45) is 17.8 Å². The van der Waals surface area contributed by atoms with E-state index in [2.05, 4.69) is 31.1 Å². The first-order chi connectivity index (χ1) is 17.7. The molecule has 210 valence electrons. The molecule has 1 aliphatic carbocycles. The van der Waals surface area contributed by atoms with Crippen LogP contribution in [0.1, 0.15) is 50.4 Å². The average Bonchev–Trinajstić information content (AvgIpc) is 3.28. The Balaban J connectivity index is 0.000000934. The zero-order valence-corrected chi connectivity index (χ0v) is 21.4. The molecule has 2 aromatic rings. The number of aromatic nitrogens is 2. The molecule has 1 aliphatic heterocycles. The lowest BCUT2D eigenvalue weighted by molar-refractivity contribution is -0.173. The SMILES string of the molecule is CC(C)C.O=C(CNC(=O)C(F)(F)F)NC1CN(C(=O)c2cccn3cncc23)CCC1C1CC(F)(F)C1. The Bertz CT molecular complexity index is 1140. The maximum Gasteiger partial charge on any atom is 0.471 e. The van der Waals surface area contributed by atoms with Crippen LogP contribution in [0.2, 0.25) is 0 Å². The van der Waals surface area contributed by atoms with Crippen molar-refractivity contribution in [1.82, 2.24) is 24.9 Å². The van der Waals surface area contributed by atoms with Crippen LogP contribution in [0.4, 0.5) is 22.0 Å². The molecule has 1 saturated carbocycles. The Labute approximate surface area is 217 Å². The van der Waals surface area contributed by atoms with Gasteiger partial charge in [-0.1, -0.05) is 20.8 Å². The Kier molecular flexibility index (Phi) is 8.98. The van der Waals surface area contributed by atoms with Crippen LogP contribution < -0.4 is 10.6 Å². The summed E-state index contributed by atoms with van der Waals surface area (Å²) in [4.78, 5) is 42.0. The third-order valence-electron chi connectivity index (χ3n) is 6.38. The van der Waals surface area contributed by atoms with Crippen molar-refractivity contribution in [3.8, 4) is 0 Å². The number of likely N-dealkylation sites (tertiary alicyclic amines) is 1. The molecule has 3 amide bonds. The predicted molar refractivity (Wildman–Crippen MR) is 128 cm³/mol. The van der Waals surface area contributed by atoms with Gasteiger partial charge in [0, 0.05) is 38.2 Å². The number of fused-ring (bicyclic) bond motifs is 1. The monoisotopic (exact) mass is 545 g/mol. The molecule has 2 aliphatic rings. The van der Waals surface area contributed by atoms with E-state index in [0.29, 0.717) is 17.5 Å².